The van der Waals surface area contributed by atoms with E-state index in [9.17, 15) is 8.78 Å². The van der Waals surface area contributed by atoms with Gasteiger partial charge in [0.15, 0.2) is 23.3 Å². The Morgan fingerprint density at radius 1 is 1.05 bits per heavy atom. The standard InChI is InChI=1S/C15H13F2N5/c1-8-6-12(19-13-7-9(2)21-22-13)20-15(18-8)10-4-3-5-11(16)14(10)17/h3-7H,1-2H3,(H2,18,19,20,21,22). The van der Waals surface area contributed by atoms with Gasteiger partial charge in [-0.3, -0.25) is 5.10 Å². The van der Waals surface area contributed by atoms with Crippen LogP contribution in [0, 0.1) is 25.5 Å². The molecule has 0 aliphatic rings. The predicted molar refractivity (Wildman–Crippen MR) is 78.7 cm³/mol. The van der Waals surface area contributed by atoms with Crippen LogP contribution in [0.2, 0.25) is 0 Å². The van der Waals surface area contributed by atoms with E-state index in [-0.39, 0.29) is 11.4 Å². The molecule has 3 rings (SSSR count). The maximum atomic E-state index is 13.9. The molecule has 0 bridgehead atoms. The van der Waals surface area contributed by atoms with E-state index in [2.05, 4.69) is 25.5 Å². The molecule has 0 fully saturated rings. The molecule has 0 spiro atoms. The minimum atomic E-state index is -0.963. The van der Waals surface area contributed by atoms with Crippen LogP contribution in [0.4, 0.5) is 20.4 Å². The van der Waals surface area contributed by atoms with Gasteiger partial charge in [-0.2, -0.15) is 5.10 Å². The molecule has 7 heteroatoms. The van der Waals surface area contributed by atoms with Crippen LogP contribution in [0.15, 0.2) is 30.3 Å². The first-order chi connectivity index (χ1) is 10.5. The lowest BCUT2D eigenvalue weighted by Crippen LogP contribution is -2.01. The summed E-state index contributed by atoms with van der Waals surface area (Å²) in [5, 5.41) is 9.85. The number of rotatable bonds is 3. The maximum Gasteiger partial charge on any atom is 0.169 e. The number of aromatic nitrogens is 4. The number of hydrogen-bond donors (Lipinski definition) is 2. The van der Waals surface area contributed by atoms with Crippen molar-refractivity contribution in [2.75, 3.05) is 5.32 Å². The molecular weight excluding hydrogens is 288 g/mol. The fourth-order valence-electron chi connectivity index (χ4n) is 2.04. The molecule has 2 heterocycles. The summed E-state index contributed by atoms with van der Waals surface area (Å²) in [4.78, 5) is 8.39. The Morgan fingerprint density at radius 2 is 1.86 bits per heavy atom. The number of aromatic amines is 1. The molecule has 2 N–H and O–H groups in total. The molecule has 0 unspecified atom stereocenters. The van der Waals surface area contributed by atoms with Gasteiger partial charge in [-0.25, -0.2) is 18.7 Å². The Bertz CT molecular complexity index is 829. The summed E-state index contributed by atoms with van der Waals surface area (Å²) in [5.74, 6) is -0.736. The summed E-state index contributed by atoms with van der Waals surface area (Å²) >= 11 is 0. The molecule has 0 saturated carbocycles. The average Bonchev–Trinajstić information content (AvgIpc) is 2.86. The van der Waals surface area contributed by atoms with Crippen molar-refractivity contribution in [3.05, 3.63) is 53.4 Å². The highest BCUT2D eigenvalue weighted by atomic mass is 19.2. The van der Waals surface area contributed by atoms with E-state index >= 15 is 0 Å². The lowest BCUT2D eigenvalue weighted by Gasteiger charge is -2.07. The molecule has 0 saturated heterocycles. The van der Waals surface area contributed by atoms with Crippen molar-refractivity contribution >= 4 is 11.6 Å². The van der Waals surface area contributed by atoms with Gasteiger partial charge in [-0.05, 0) is 26.0 Å². The van der Waals surface area contributed by atoms with Gasteiger partial charge in [0.2, 0.25) is 0 Å². The van der Waals surface area contributed by atoms with Crippen LogP contribution >= 0.6 is 0 Å². The molecule has 0 amide bonds. The zero-order valence-electron chi connectivity index (χ0n) is 12.0. The molecule has 2 aromatic heterocycles. The largest absolute Gasteiger partial charge is 0.323 e. The van der Waals surface area contributed by atoms with Crippen LogP contribution in [0.1, 0.15) is 11.4 Å². The Labute approximate surface area is 125 Å². The van der Waals surface area contributed by atoms with E-state index in [0.717, 1.165) is 11.8 Å². The Hall–Kier alpha value is -2.83. The second-order valence-electron chi connectivity index (χ2n) is 4.88. The molecule has 0 radical (unpaired) electrons. The van der Waals surface area contributed by atoms with Crippen LogP contribution in [0.3, 0.4) is 0 Å². The number of nitrogens with one attached hydrogen (secondary N) is 2. The Kier molecular flexibility index (Phi) is 3.54. The van der Waals surface area contributed by atoms with Gasteiger partial charge in [0, 0.05) is 23.5 Å². The molecule has 5 nitrogen and oxygen atoms in total. The fourth-order valence-corrected chi connectivity index (χ4v) is 2.04. The second kappa shape index (κ2) is 5.51. The van der Waals surface area contributed by atoms with Crippen LogP contribution in [-0.4, -0.2) is 20.2 Å². The number of aryl methyl sites for hydroxylation is 2. The third-order valence-corrected chi connectivity index (χ3v) is 3.01. The number of H-pyrrole nitrogens is 1. The highest BCUT2D eigenvalue weighted by Crippen LogP contribution is 2.23. The lowest BCUT2D eigenvalue weighted by atomic mass is 10.2. The highest BCUT2D eigenvalue weighted by molar-refractivity contribution is 5.61. The summed E-state index contributed by atoms with van der Waals surface area (Å²) in [5.41, 5.74) is 1.54. The van der Waals surface area contributed by atoms with Crippen molar-refractivity contribution in [2.24, 2.45) is 0 Å². The van der Waals surface area contributed by atoms with Gasteiger partial charge in [-0.15, -0.1) is 0 Å². The molecule has 0 aliphatic heterocycles. The zero-order chi connectivity index (χ0) is 15.7. The molecule has 22 heavy (non-hydrogen) atoms. The number of halogens is 2. The van der Waals surface area contributed by atoms with E-state index in [0.29, 0.717) is 17.3 Å². The molecule has 3 aromatic rings. The van der Waals surface area contributed by atoms with Crippen molar-refractivity contribution in [3.63, 3.8) is 0 Å². The van der Waals surface area contributed by atoms with Crippen LogP contribution in [0.25, 0.3) is 11.4 Å². The first kappa shape index (κ1) is 14.1. The Morgan fingerprint density at radius 3 is 2.59 bits per heavy atom. The second-order valence-corrected chi connectivity index (χ2v) is 4.88. The maximum absolute atomic E-state index is 13.9. The summed E-state index contributed by atoms with van der Waals surface area (Å²) < 4.78 is 27.2. The van der Waals surface area contributed by atoms with Crippen LogP contribution in [0.5, 0.6) is 0 Å². The summed E-state index contributed by atoms with van der Waals surface area (Å²) in [6, 6.07) is 7.42. The lowest BCUT2D eigenvalue weighted by molar-refractivity contribution is 0.510. The number of benzene rings is 1. The molecule has 0 atom stereocenters. The first-order valence-corrected chi connectivity index (χ1v) is 6.62. The van der Waals surface area contributed by atoms with Crippen molar-refractivity contribution < 1.29 is 8.78 Å². The van der Waals surface area contributed by atoms with Gasteiger partial charge in [0.05, 0.1) is 5.56 Å². The number of anilines is 2. The molecule has 1 aromatic carbocycles. The van der Waals surface area contributed by atoms with E-state index in [1.54, 1.807) is 19.1 Å². The number of hydrogen-bond acceptors (Lipinski definition) is 4. The first-order valence-electron chi connectivity index (χ1n) is 6.62. The van der Waals surface area contributed by atoms with Gasteiger partial charge >= 0.3 is 0 Å². The average molecular weight is 301 g/mol. The summed E-state index contributed by atoms with van der Waals surface area (Å²) in [7, 11) is 0. The van der Waals surface area contributed by atoms with Crippen molar-refractivity contribution in [1.29, 1.82) is 0 Å². The SMILES string of the molecule is Cc1cc(Nc2cc(C)[nH]n2)nc(-c2cccc(F)c2F)n1. The monoisotopic (exact) mass is 301 g/mol. The normalized spacial score (nSPS) is 10.7. The van der Waals surface area contributed by atoms with Gasteiger partial charge in [0.1, 0.15) is 5.82 Å². The van der Waals surface area contributed by atoms with Crippen molar-refractivity contribution in [3.8, 4) is 11.4 Å². The minimum Gasteiger partial charge on any atom is -0.323 e. The molecule has 112 valence electrons. The van der Waals surface area contributed by atoms with Crippen molar-refractivity contribution in [2.45, 2.75) is 13.8 Å². The quantitative estimate of drug-likeness (QED) is 0.777. The predicted octanol–water partition coefficient (Wildman–Crippen LogP) is 3.51. The third kappa shape index (κ3) is 2.78. The minimum absolute atomic E-state index is 0.0185. The van der Waals surface area contributed by atoms with Crippen molar-refractivity contribution in [1.82, 2.24) is 20.2 Å². The number of nitrogens with zero attached hydrogens (tertiary/aromatic N) is 3. The summed E-state index contributed by atoms with van der Waals surface area (Å²) in [6.45, 7) is 3.63. The fraction of sp³-hybridized carbons (Fsp3) is 0.133. The van der Waals surface area contributed by atoms with Crippen LogP contribution < -0.4 is 5.32 Å². The Balaban J connectivity index is 2.01. The van der Waals surface area contributed by atoms with Gasteiger partial charge in [0.25, 0.3) is 0 Å². The van der Waals surface area contributed by atoms with Gasteiger partial charge < -0.3 is 5.32 Å². The molecular formula is C15H13F2N5. The van der Waals surface area contributed by atoms with E-state index in [4.69, 9.17) is 0 Å². The topological polar surface area (TPSA) is 66.5 Å². The molecule has 0 aliphatic carbocycles. The smallest absolute Gasteiger partial charge is 0.169 e. The highest BCUT2D eigenvalue weighted by Gasteiger charge is 2.13. The zero-order valence-corrected chi connectivity index (χ0v) is 12.0. The van der Waals surface area contributed by atoms with E-state index < -0.39 is 11.6 Å². The summed E-state index contributed by atoms with van der Waals surface area (Å²) in [6.07, 6.45) is 0. The van der Waals surface area contributed by atoms with E-state index in [1.807, 2.05) is 6.92 Å². The van der Waals surface area contributed by atoms with E-state index in [1.165, 1.54) is 12.1 Å². The van der Waals surface area contributed by atoms with Gasteiger partial charge in [-0.1, -0.05) is 6.07 Å². The van der Waals surface area contributed by atoms with Crippen LogP contribution in [-0.2, 0) is 0 Å². The third-order valence-electron chi connectivity index (χ3n) is 3.01.